The van der Waals surface area contributed by atoms with Crippen LogP contribution in [0.15, 0.2) is 0 Å². The van der Waals surface area contributed by atoms with Crippen molar-refractivity contribution < 1.29 is 39.3 Å². The molecule has 0 aromatic carbocycles. The largest absolute Gasteiger partial charge is 0.481 e. The molecule has 0 aliphatic rings. The summed E-state index contributed by atoms with van der Waals surface area (Å²) in [6.07, 6.45) is 0.896. The maximum Gasteiger partial charge on any atom is 0.307 e. The van der Waals surface area contributed by atoms with Gasteiger partial charge >= 0.3 is 17.9 Å². The summed E-state index contributed by atoms with van der Waals surface area (Å²) < 4.78 is 0. The van der Waals surface area contributed by atoms with Crippen molar-refractivity contribution in [2.75, 3.05) is 6.54 Å². The molecule has 0 heterocycles. The molecule has 5 N–H and O–H groups in total. The standard InChI is InChI=1S/C19H35NO8Si/c1-12(16(21)20-10-5-11-29(3,4)28)6-8-14(18(24)25)15(19(26)27)9-7-13(2)17(22)23/h12-15,28H,5-11H2,1-4H3,(H,20,21)(H,22,23)(H,24,25)(H,26,27). The monoisotopic (exact) mass is 433 g/mol. The highest BCUT2D eigenvalue weighted by molar-refractivity contribution is 6.69. The van der Waals surface area contributed by atoms with Crippen LogP contribution >= 0.6 is 0 Å². The van der Waals surface area contributed by atoms with Crippen LogP contribution in [0.2, 0.25) is 19.1 Å². The van der Waals surface area contributed by atoms with Crippen LogP contribution in [0.3, 0.4) is 0 Å². The fourth-order valence-corrected chi connectivity index (χ4v) is 4.06. The van der Waals surface area contributed by atoms with Gasteiger partial charge in [-0.3, -0.25) is 19.2 Å². The van der Waals surface area contributed by atoms with Crippen LogP contribution in [0.5, 0.6) is 0 Å². The van der Waals surface area contributed by atoms with Gasteiger partial charge in [-0.2, -0.15) is 0 Å². The minimum atomic E-state index is -2.15. The first kappa shape index (κ1) is 27.1. The molecule has 0 aliphatic carbocycles. The Morgan fingerprint density at radius 3 is 1.62 bits per heavy atom. The molecule has 0 saturated heterocycles. The van der Waals surface area contributed by atoms with Crippen LogP contribution in [-0.4, -0.2) is 58.8 Å². The van der Waals surface area contributed by atoms with Crippen LogP contribution in [0.1, 0.15) is 46.0 Å². The number of hydrogen-bond donors (Lipinski definition) is 5. The molecule has 0 aromatic rings. The summed E-state index contributed by atoms with van der Waals surface area (Å²) in [5.41, 5.74) is 0. The first-order valence-corrected chi connectivity index (χ1v) is 13.1. The lowest BCUT2D eigenvalue weighted by Gasteiger charge is -2.22. The van der Waals surface area contributed by atoms with E-state index in [0.29, 0.717) is 19.0 Å². The average Bonchev–Trinajstić information content (AvgIpc) is 2.58. The van der Waals surface area contributed by atoms with Gasteiger partial charge in [0.25, 0.3) is 0 Å². The van der Waals surface area contributed by atoms with Crippen molar-refractivity contribution in [2.45, 2.75) is 65.1 Å². The van der Waals surface area contributed by atoms with E-state index in [1.807, 2.05) is 13.1 Å². The fourth-order valence-electron chi connectivity index (χ4n) is 3.01. The first-order valence-electron chi connectivity index (χ1n) is 9.94. The quantitative estimate of drug-likeness (QED) is 0.193. The molecule has 0 aliphatic heterocycles. The smallest absolute Gasteiger partial charge is 0.307 e. The van der Waals surface area contributed by atoms with Crippen molar-refractivity contribution in [3.8, 4) is 0 Å². The van der Waals surface area contributed by atoms with Crippen molar-refractivity contribution in [3.05, 3.63) is 0 Å². The molecule has 168 valence electrons. The Morgan fingerprint density at radius 1 is 0.793 bits per heavy atom. The maximum absolute atomic E-state index is 12.2. The number of carboxylic acids is 3. The van der Waals surface area contributed by atoms with E-state index in [0.717, 1.165) is 0 Å². The highest BCUT2D eigenvalue weighted by Crippen LogP contribution is 2.27. The number of amides is 1. The molecule has 10 heteroatoms. The van der Waals surface area contributed by atoms with Crippen LogP contribution in [-0.2, 0) is 19.2 Å². The molecule has 0 saturated carbocycles. The van der Waals surface area contributed by atoms with E-state index < -0.39 is 49.9 Å². The van der Waals surface area contributed by atoms with E-state index >= 15 is 0 Å². The van der Waals surface area contributed by atoms with Crippen molar-refractivity contribution in [1.82, 2.24) is 5.32 Å². The number of carbonyl (C=O) groups is 4. The zero-order chi connectivity index (χ0) is 22.8. The molecule has 9 nitrogen and oxygen atoms in total. The molecule has 0 rings (SSSR count). The third-order valence-corrected chi connectivity index (χ3v) is 6.65. The number of aliphatic carboxylic acids is 3. The molecule has 29 heavy (non-hydrogen) atoms. The summed E-state index contributed by atoms with van der Waals surface area (Å²) in [5, 5.41) is 30.6. The summed E-state index contributed by atoms with van der Waals surface area (Å²) in [7, 11) is -2.15. The predicted octanol–water partition coefficient (Wildman–Crippen LogP) is 2.01. The lowest BCUT2D eigenvalue weighted by molar-refractivity contribution is -0.155. The summed E-state index contributed by atoms with van der Waals surface area (Å²) in [6, 6.07) is 0.664. The first-order chi connectivity index (χ1) is 13.3. The molecule has 0 fully saturated rings. The normalized spacial score (nSPS) is 15.8. The summed E-state index contributed by atoms with van der Waals surface area (Å²) in [5.74, 6) is -7.47. The Bertz CT molecular complexity index is 575. The highest BCUT2D eigenvalue weighted by atomic mass is 28.4. The zero-order valence-corrected chi connectivity index (χ0v) is 18.7. The van der Waals surface area contributed by atoms with Crippen LogP contribution in [0.4, 0.5) is 0 Å². The van der Waals surface area contributed by atoms with Gasteiger partial charge in [-0.1, -0.05) is 13.8 Å². The second-order valence-electron chi connectivity index (χ2n) is 8.39. The molecular formula is C19H35NO8Si. The molecule has 0 spiro atoms. The molecule has 4 atom stereocenters. The van der Waals surface area contributed by atoms with E-state index in [2.05, 4.69) is 5.32 Å². The minimum Gasteiger partial charge on any atom is -0.481 e. The van der Waals surface area contributed by atoms with Crippen molar-refractivity contribution in [3.63, 3.8) is 0 Å². The number of hydrogen-bond acceptors (Lipinski definition) is 5. The van der Waals surface area contributed by atoms with Gasteiger partial charge in [0.15, 0.2) is 8.32 Å². The van der Waals surface area contributed by atoms with Gasteiger partial charge in [0.05, 0.1) is 17.8 Å². The van der Waals surface area contributed by atoms with E-state index in [1.54, 1.807) is 6.92 Å². The van der Waals surface area contributed by atoms with E-state index in [-0.39, 0.29) is 31.6 Å². The van der Waals surface area contributed by atoms with Gasteiger partial charge in [-0.15, -0.1) is 0 Å². The predicted molar refractivity (Wildman–Crippen MR) is 109 cm³/mol. The third kappa shape index (κ3) is 11.6. The van der Waals surface area contributed by atoms with Crippen LogP contribution in [0.25, 0.3) is 0 Å². The van der Waals surface area contributed by atoms with Gasteiger partial charge in [-0.05, 0) is 51.2 Å². The summed E-state index contributed by atoms with van der Waals surface area (Å²) >= 11 is 0. The summed E-state index contributed by atoms with van der Waals surface area (Å²) in [4.78, 5) is 56.0. The number of carboxylic acid groups (broad SMARTS) is 3. The van der Waals surface area contributed by atoms with Gasteiger partial charge in [0, 0.05) is 12.5 Å². The molecule has 1 amide bonds. The van der Waals surface area contributed by atoms with Crippen molar-refractivity contribution in [1.29, 1.82) is 0 Å². The highest BCUT2D eigenvalue weighted by Gasteiger charge is 2.34. The maximum atomic E-state index is 12.2. The lowest BCUT2D eigenvalue weighted by Crippen LogP contribution is -2.34. The summed E-state index contributed by atoms with van der Waals surface area (Å²) in [6.45, 7) is 7.16. The second-order valence-corrected chi connectivity index (χ2v) is 12.5. The Kier molecular flexibility index (Phi) is 11.7. The molecule has 0 bridgehead atoms. The Balaban J connectivity index is 4.71. The molecule has 4 unspecified atom stereocenters. The van der Waals surface area contributed by atoms with Crippen molar-refractivity contribution in [2.24, 2.45) is 23.7 Å². The zero-order valence-electron chi connectivity index (χ0n) is 17.7. The molecule has 0 aromatic heterocycles. The van der Waals surface area contributed by atoms with Gasteiger partial charge in [-0.25, -0.2) is 0 Å². The van der Waals surface area contributed by atoms with Crippen LogP contribution in [0, 0.1) is 23.7 Å². The Morgan fingerprint density at radius 2 is 1.24 bits per heavy atom. The fraction of sp³-hybridized carbons (Fsp3) is 0.789. The third-order valence-electron chi connectivity index (χ3n) is 5.08. The SMILES string of the molecule is CC(CCC(C(=O)O)C(CCC(C)C(=O)NCCC[Si](C)(C)O)C(=O)O)C(=O)O. The van der Waals surface area contributed by atoms with Crippen molar-refractivity contribution >= 4 is 32.1 Å². The van der Waals surface area contributed by atoms with E-state index in [4.69, 9.17) is 5.11 Å². The van der Waals surface area contributed by atoms with Gasteiger partial charge in [0.2, 0.25) is 5.91 Å². The van der Waals surface area contributed by atoms with Crippen LogP contribution < -0.4 is 5.32 Å². The lowest BCUT2D eigenvalue weighted by atomic mass is 9.82. The second kappa shape index (κ2) is 12.6. The number of nitrogens with one attached hydrogen (secondary N) is 1. The number of rotatable bonds is 15. The van der Waals surface area contributed by atoms with Gasteiger partial charge in [0.1, 0.15) is 0 Å². The van der Waals surface area contributed by atoms with E-state index in [9.17, 15) is 34.2 Å². The minimum absolute atomic E-state index is 0.0128. The number of carbonyl (C=O) groups excluding carboxylic acids is 1. The topological polar surface area (TPSA) is 161 Å². The Hall–Kier alpha value is -1.94. The average molecular weight is 434 g/mol. The van der Waals surface area contributed by atoms with E-state index in [1.165, 1.54) is 6.92 Å². The molecular weight excluding hydrogens is 398 g/mol. The Labute approximate surface area is 172 Å². The molecule has 0 radical (unpaired) electrons. The van der Waals surface area contributed by atoms with Gasteiger partial charge < -0.3 is 25.4 Å².